The highest BCUT2D eigenvalue weighted by Crippen LogP contribution is 2.35. The van der Waals surface area contributed by atoms with Gasteiger partial charge in [0.1, 0.15) is 5.60 Å². The summed E-state index contributed by atoms with van der Waals surface area (Å²) in [6.07, 6.45) is 0.640. The normalized spacial score (nSPS) is 18.9. The maximum absolute atomic E-state index is 11.9. The summed E-state index contributed by atoms with van der Waals surface area (Å²) in [7, 11) is 1.59. The van der Waals surface area contributed by atoms with Crippen molar-refractivity contribution in [3.8, 4) is 6.07 Å². The fourth-order valence-electron chi connectivity index (χ4n) is 2.18. The Bertz CT molecular complexity index is 525. The Balaban J connectivity index is 2.60. The van der Waals surface area contributed by atoms with Gasteiger partial charge in [0.2, 0.25) is 9.05 Å². The van der Waals surface area contributed by atoms with E-state index in [1.807, 2.05) is 0 Å². The Labute approximate surface area is 130 Å². The molecule has 0 aromatic rings. The zero-order chi connectivity index (χ0) is 16.3. The van der Waals surface area contributed by atoms with E-state index < -0.39 is 26.2 Å². The van der Waals surface area contributed by atoms with Gasteiger partial charge in [-0.1, -0.05) is 0 Å². The van der Waals surface area contributed by atoms with E-state index in [0.29, 0.717) is 25.9 Å². The van der Waals surface area contributed by atoms with Crippen molar-refractivity contribution >= 4 is 25.8 Å². The summed E-state index contributed by atoms with van der Waals surface area (Å²) in [6, 6.07) is 2.20. The van der Waals surface area contributed by atoms with E-state index in [0.717, 1.165) is 0 Å². The van der Waals surface area contributed by atoms with Gasteiger partial charge in [0.05, 0.1) is 17.2 Å². The monoisotopic (exact) mass is 336 g/mol. The first-order valence-electron chi connectivity index (χ1n) is 6.78. The summed E-state index contributed by atoms with van der Waals surface area (Å²) in [6.45, 7) is 6.13. The van der Waals surface area contributed by atoms with Gasteiger partial charge >= 0.3 is 6.09 Å². The number of halogens is 1. The molecule has 21 heavy (non-hydrogen) atoms. The summed E-state index contributed by atoms with van der Waals surface area (Å²) in [4.78, 5) is 13.5. The van der Waals surface area contributed by atoms with Crippen molar-refractivity contribution in [1.29, 1.82) is 5.26 Å². The minimum atomic E-state index is -3.61. The van der Waals surface area contributed by atoms with Crippen LogP contribution < -0.4 is 0 Å². The predicted octanol–water partition coefficient (Wildman–Crippen LogP) is 2.49. The average Bonchev–Trinajstić information content (AvgIpc) is 2.34. The number of rotatable bonds is 3. The largest absolute Gasteiger partial charge is 0.444 e. The molecular formula is C13H21ClN2O4S. The molecule has 0 atom stereocenters. The van der Waals surface area contributed by atoms with Crippen molar-refractivity contribution in [2.24, 2.45) is 5.41 Å². The number of carbonyl (C=O) groups excluding carboxylic acids is 1. The highest BCUT2D eigenvalue weighted by Gasteiger charge is 2.37. The molecule has 1 heterocycles. The first-order valence-corrected chi connectivity index (χ1v) is 9.26. The Morgan fingerprint density at radius 3 is 2.29 bits per heavy atom. The van der Waals surface area contributed by atoms with Crippen LogP contribution in [0.15, 0.2) is 0 Å². The van der Waals surface area contributed by atoms with Gasteiger partial charge in [-0.25, -0.2) is 13.2 Å². The van der Waals surface area contributed by atoms with E-state index in [-0.39, 0.29) is 12.2 Å². The van der Waals surface area contributed by atoms with Crippen LogP contribution in [0.2, 0.25) is 0 Å². The lowest BCUT2D eigenvalue weighted by atomic mass is 9.77. The summed E-state index contributed by atoms with van der Waals surface area (Å²) in [5.41, 5.74) is -1.30. The van der Waals surface area contributed by atoms with Crippen molar-refractivity contribution in [1.82, 2.24) is 4.90 Å². The number of hydrogen-bond donors (Lipinski definition) is 0. The summed E-state index contributed by atoms with van der Waals surface area (Å²) < 4.78 is 27.3. The molecule has 1 aliphatic heterocycles. The number of nitrogens with zero attached hydrogens (tertiary/aromatic N) is 2. The lowest BCUT2D eigenvalue weighted by molar-refractivity contribution is 0.0146. The summed E-state index contributed by atoms with van der Waals surface area (Å²) in [5, 5.41) is 9.33. The standard InChI is InChI=1S/C13H21ClN2O4S/c1-12(2,3)20-11(17)16-7-4-13(10-15,5-8-16)6-9-21(14,18)19/h4-9H2,1-3H3. The van der Waals surface area contributed by atoms with E-state index >= 15 is 0 Å². The molecule has 0 bridgehead atoms. The van der Waals surface area contributed by atoms with Crippen LogP contribution in [0.1, 0.15) is 40.0 Å². The third kappa shape index (κ3) is 6.10. The highest BCUT2D eigenvalue weighted by atomic mass is 35.7. The molecule has 8 heteroatoms. The Kier molecular flexibility index (Phi) is 5.51. The fourth-order valence-corrected chi connectivity index (χ4v) is 3.04. The van der Waals surface area contributed by atoms with Crippen molar-refractivity contribution in [2.75, 3.05) is 18.8 Å². The third-order valence-electron chi connectivity index (χ3n) is 3.43. The number of hydrogen-bond acceptors (Lipinski definition) is 5. The minimum absolute atomic E-state index is 0.192. The van der Waals surface area contributed by atoms with Crippen molar-refractivity contribution in [3.05, 3.63) is 0 Å². The van der Waals surface area contributed by atoms with Gasteiger partial charge in [0.25, 0.3) is 0 Å². The molecule has 0 radical (unpaired) electrons. The van der Waals surface area contributed by atoms with Crippen LogP contribution in [0.3, 0.4) is 0 Å². The molecule has 0 aromatic heterocycles. The fraction of sp³-hybridized carbons (Fsp3) is 0.846. The van der Waals surface area contributed by atoms with Gasteiger partial charge in [-0.05, 0) is 40.0 Å². The molecule has 1 saturated heterocycles. The molecule has 1 aliphatic rings. The molecule has 0 N–H and O–H groups in total. The zero-order valence-electron chi connectivity index (χ0n) is 12.6. The number of ether oxygens (including phenoxy) is 1. The van der Waals surface area contributed by atoms with Gasteiger partial charge < -0.3 is 9.64 Å². The number of likely N-dealkylation sites (tertiary alicyclic amines) is 1. The van der Waals surface area contributed by atoms with Gasteiger partial charge in [0.15, 0.2) is 0 Å². The van der Waals surface area contributed by atoms with E-state index in [4.69, 9.17) is 15.4 Å². The van der Waals surface area contributed by atoms with Crippen molar-refractivity contribution in [2.45, 2.75) is 45.6 Å². The molecule has 0 unspecified atom stereocenters. The van der Waals surface area contributed by atoms with Gasteiger partial charge in [-0.15, -0.1) is 0 Å². The minimum Gasteiger partial charge on any atom is -0.444 e. The molecule has 1 rings (SSSR count). The van der Waals surface area contributed by atoms with Gasteiger partial charge in [0, 0.05) is 23.8 Å². The lowest BCUT2D eigenvalue weighted by Gasteiger charge is -2.37. The molecular weight excluding hydrogens is 316 g/mol. The van der Waals surface area contributed by atoms with Crippen LogP contribution in [0.5, 0.6) is 0 Å². The van der Waals surface area contributed by atoms with Crippen LogP contribution in [-0.2, 0) is 13.8 Å². The highest BCUT2D eigenvalue weighted by molar-refractivity contribution is 8.13. The van der Waals surface area contributed by atoms with Crippen LogP contribution in [0.25, 0.3) is 0 Å². The Morgan fingerprint density at radius 1 is 1.38 bits per heavy atom. The summed E-state index contributed by atoms with van der Waals surface area (Å²) >= 11 is 0. The topological polar surface area (TPSA) is 87.5 Å². The second kappa shape index (κ2) is 6.41. The van der Waals surface area contributed by atoms with E-state index in [1.54, 1.807) is 25.7 Å². The van der Waals surface area contributed by atoms with E-state index in [2.05, 4.69) is 6.07 Å². The number of amides is 1. The lowest BCUT2D eigenvalue weighted by Crippen LogP contribution is -2.45. The predicted molar refractivity (Wildman–Crippen MR) is 79.3 cm³/mol. The number of piperidine rings is 1. The molecule has 1 amide bonds. The first kappa shape index (κ1) is 18.1. The van der Waals surface area contributed by atoms with E-state index in [1.165, 1.54) is 0 Å². The quantitative estimate of drug-likeness (QED) is 0.739. The van der Waals surface area contributed by atoms with E-state index in [9.17, 15) is 18.5 Å². The Hall–Kier alpha value is -1.00. The maximum Gasteiger partial charge on any atom is 0.410 e. The van der Waals surface area contributed by atoms with Crippen LogP contribution in [0.4, 0.5) is 4.79 Å². The molecule has 120 valence electrons. The van der Waals surface area contributed by atoms with Crippen LogP contribution >= 0.6 is 10.7 Å². The molecule has 1 fully saturated rings. The smallest absolute Gasteiger partial charge is 0.410 e. The SMILES string of the molecule is CC(C)(C)OC(=O)N1CCC(C#N)(CCS(=O)(=O)Cl)CC1. The van der Waals surface area contributed by atoms with Crippen LogP contribution in [-0.4, -0.2) is 43.9 Å². The number of carbonyl (C=O) groups is 1. The van der Waals surface area contributed by atoms with Gasteiger partial charge in [-0.2, -0.15) is 5.26 Å². The molecule has 0 saturated carbocycles. The number of nitriles is 1. The average molecular weight is 337 g/mol. The van der Waals surface area contributed by atoms with Crippen molar-refractivity contribution in [3.63, 3.8) is 0 Å². The second-order valence-corrected chi connectivity index (χ2v) is 9.25. The van der Waals surface area contributed by atoms with Crippen molar-refractivity contribution < 1.29 is 17.9 Å². The molecule has 0 aromatic carbocycles. The molecule has 0 aliphatic carbocycles. The Morgan fingerprint density at radius 2 is 1.90 bits per heavy atom. The van der Waals surface area contributed by atoms with Gasteiger partial charge in [-0.3, -0.25) is 0 Å². The zero-order valence-corrected chi connectivity index (χ0v) is 14.1. The second-order valence-electron chi connectivity index (χ2n) is 6.35. The molecule has 0 spiro atoms. The maximum atomic E-state index is 11.9. The summed E-state index contributed by atoms with van der Waals surface area (Å²) in [5.74, 6) is -0.228. The molecule has 6 nitrogen and oxygen atoms in total. The first-order chi connectivity index (χ1) is 9.46. The third-order valence-corrected chi connectivity index (χ3v) is 4.59. The van der Waals surface area contributed by atoms with Crippen LogP contribution in [0, 0.1) is 16.7 Å².